The summed E-state index contributed by atoms with van der Waals surface area (Å²) in [6, 6.07) is 9.26. The van der Waals surface area contributed by atoms with Crippen molar-refractivity contribution < 1.29 is 13.6 Å². The number of carbonyl (C=O) groups is 1. The van der Waals surface area contributed by atoms with E-state index in [-0.39, 0.29) is 0 Å². The highest BCUT2D eigenvalue weighted by Crippen LogP contribution is 2.09. The van der Waals surface area contributed by atoms with E-state index in [4.69, 9.17) is 14.6 Å². The minimum atomic E-state index is -2.69. The van der Waals surface area contributed by atoms with Crippen molar-refractivity contribution in [1.82, 2.24) is 5.32 Å². The number of benzene rings is 1. The number of urea groups is 1. The molecule has 0 heterocycles. The van der Waals surface area contributed by atoms with Crippen molar-refractivity contribution in [3.05, 3.63) is 30.3 Å². The van der Waals surface area contributed by atoms with Crippen LogP contribution >= 0.6 is 0 Å². The highest BCUT2D eigenvalue weighted by atomic mass is 28.4. The van der Waals surface area contributed by atoms with Crippen molar-refractivity contribution in [2.75, 3.05) is 19.4 Å². The van der Waals surface area contributed by atoms with Gasteiger partial charge in [0.1, 0.15) is 0 Å². The number of nitrogens with one attached hydrogen (secondary N) is 1. The standard InChI is InChI=1S/C14H24N2O3Si/c1-3-10-18-20(19-11-4-2,12-16-14(15)17)13-8-6-5-7-9-13/h5-9H,3-4,10-12H2,1-2H3,(H3,15,16,17). The SMILES string of the molecule is CCCO[Si](CNC(N)=O)(OCCC)c1ccccc1. The molecule has 0 aliphatic carbocycles. The monoisotopic (exact) mass is 296 g/mol. The first-order valence-electron chi connectivity index (χ1n) is 7.01. The van der Waals surface area contributed by atoms with Gasteiger partial charge in [0.05, 0.1) is 6.17 Å². The highest BCUT2D eigenvalue weighted by molar-refractivity contribution is 6.81. The number of amides is 2. The molecule has 0 fully saturated rings. The fourth-order valence-electron chi connectivity index (χ4n) is 1.84. The van der Waals surface area contributed by atoms with E-state index < -0.39 is 14.6 Å². The van der Waals surface area contributed by atoms with Crippen LogP contribution in [-0.2, 0) is 8.85 Å². The first-order chi connectivity index (χ1) is 9.64. The zero-order valence-electron chi connectivity index (χ0n) is 12.2. The Morgan fingerprint density at radius 3 is 2.15 bits per heavy atom. The molecule has 112 valence electrons. The molecule has 20 heavy (non-hydrogen) atoms. The maximum absolute atomic E-state index is 11.0. The van der Waals surface area contributed by atoms with E-state index in [1.165, 1.54) is 0 Å². The molecule has 1 rings (SSSR count). The molecule has 3 N–H and O–H groups in total. The van der Waals surface area contributed by atoms with Crippen molar-refractivity contribution in [2.24, 2.45) is 5.73 Å². The van der Waals surface area contributed by atoms with Gasteiger partial charge in [0, 0.05) is 13.2 Å². The summed E-state index contributed by atoms with van der Waals surface area (Å²) in [6.45, 7) is 5.30. The van der Waals surface area contributed by atoms with Gasteiger partial charge in [-0.3, -0.25) is 0 Å². The van der Waals surface area contributed by atoms with Gasteiger partial charge in [-0.1, -0.05) is 44.2 Å². The zero-order chi connectivity index (χ0) is 14.8. The van der Waals surface area contributed by atoms with Crippen LogP contribution in [0.4, 0.5) is 4.79 Å². The van der Waals surface area contributed by atoms with Crippen LogP contribution in [0.1, 0.15) is 26.7 Å². The Balaban J connectivity index is 2.99. The van der Waals surface area contributed by atoms with Crippen LogP contribution in [0.15, 0.2) is 30.3 Å². The summed E-state index contributed by atoms with van der Waals surface area (Å²) in [5.74, 6) is 0. The minimum Gasteiger partial charge on any atom is -0.390 e. The van der Waals surface area contributed by atoms with Gasteiger partial charge in [0.25, 0.3) is 0 Å². The Bertz CT molecular complexity index is 393. The lowest BCUT2D eigenvalue weighted by atomic mass is 10.4. The summed E-state index contributed by atoms with van der Waals surface area (Å²) in [6.07, 6.45) is 2.12. The maximum Gasteiger partial charge on any atom is 0.392 e. The summed E-state index contributed by atoms with van der Waals surface area (Å²) >= 11 is 0. The summed E-state index contributed by atoms with van der Waals surface area (Å²) in [5.41, 5.74) is 5.20. The Morgan fingerprint density at radius 2 is 1.70 bits per heavy atom. The average molecular weight is 296 g/mol. The summed E-state index contributed by atoms with van der Waals surface area (Å²) < 4.78 is 12.1. The first-order valence-corrected chi connectivity index (χ1v) is 9.03. The van der Waals surface area contributed by atoms with E-state index >= 15 is 0 Å². The number of carbonyl (C=O) groups excluding carboxylic acids is 1. The van der Waals surface area contributed by atoms with Gasteiger partial charge in [-0.2, -0.15) is 0 Å². The molecule has 0 bridgehead atoms. The number of rotatable bonds is 9. The van der Waals surface area contributed by atoms with Gasteiger partial charge >= 0.3 is 14.6 Å². The van der Waals surface area contributed by atoms with Gasteiger partial charge in [0.2, 0.25) is 0 Å². The molecule has 5 nitrogen and oxygen atoms in total. The van der Waals surface area contributed by atoms with Gasteiger partial charge in [-0.05, 0) is 18.0 Å². The van der Waals surface area contributed by atoms with Crippen molar-refractivity contribution in [1.29, 1.82) is 0 Å². The van der Waals surface area contributed by atoms with Crippen molar-refractivity contribution in [3.8, 4) is 0 Å². The predicted molar refractivity (Wildman–Crippen MR) is 81.9 cm³/mol. The number of hydrogen-bond donors (Lipinski definition) is 2. The molecule has 0 aliphatic heterocycles. The lowest BCUT2D eigenvalue weighted by Crippen LogP contribution is -2.62. The molecule has 0 atom stereocenters. The Labute approximate surface area is 121 Å². The Kier molecular flexibility index (Phi) is 7.28. The van der Waals surface area contributed by atoms with E-state index in [0.29, 0.717) is 19.4 Å². The third kappa shape index (κ3) is 4.95. The second kappa shape index (κ2) is 8.73. The van der Waals surface area contributed by atoms with Gasteiger partial charge in [0.15, 0.2) is 0 Å². The number of primary amides is 1. The second-order valence-electron chi connectivity index (χ2n) is 4.53. The third-order valence-corrected chi connectivity index (χ3v) is 5.98. The normalized spacial score (nSPS) is 11.3. The zero-order valence-corrected chi connectivity index (χ0v) is 13.2. The van der Waals surface area contributed by atoms with Crippen LogP contribution in [0.25, 0.3) is 0 Å². The molecule has 0 radical (unpaired) electrons. The fourth-order valence-corrected chi connectivity index (χ4v) is 4.84. The van der Waals surface area contributed by atoms with E-state index in [0.717, 1.165) is 18.0 Å². The third-order valence-electron chi connectivity index (χ3n) is 2.79. The second-order valence-corrected chi connectivity index (χ2v) is 7.55. The molecule has 6 heteroatoms. The minimum absolute atomic E-state index is 0.326. The van der Waals surface area contributed by atoms with Gasteiger partial charge < -0.3 is 19.9 Å². The first kappa shape index (κ1) is 16.7. The summed E-state index contributed by atoms with van der Waals surface area (Å²) in [4.78, 5) is 11.0. The van der Waals surface area contributed by atoms with Crippen molar-refractivity contribution in [2.45, 2.75) is 26.7 Å². The van der Waals surface area contributed by atoms with E-state index in [9.17, 15) is 4.79 Å². The summed E-state index contributed by atoms with van der Waals surface area (Å²) in [7, 11) is -2.69. The Hall–Kier alpha value is -1.37. The van der Waals surface area contributed by atoms with Crippen LogP contribution in [0.2, 0.25) is 0 Å². The predicted octanol–water partition coefficient (Wildman–Crippen LogP) is 1.40. The highest BCUT2D eigenvalue weighted by Gasteiger charge is 2.40. The van der Waals surface area contributed by atoms with Crippen molar-refractivity contribution in [3.63, 3.8) is 0 Å². The fraction of sp³-hybridized carbons (Fsp3) is 0.500. The lowest BCUT2D eigenvalue weighted by molar-refractivity contribution is 0.178. The van der Waals surface area contributed by atoms with Crippen LogP contribution < -0.4 is 16.2 Å². The average Bonchev–Trinajstić information content (AvgIpc) is 2.48. The number of hydrogen-bond acceptors (Lipinski definition) is 3. The van der Waals surface area contributed by atoms with E-state index in [1.807, 2.05) is 44.2 Å². The van der Waals surface area contributed by atoms with Crippen LogP contribution in [-0.4, -0.2) is 34.0 Å². The summed E-state index contributed by atoms with van der Waals surface area (Å²) in [5, 5.41) is 3.66. The van der Waals surface area contributed by atoms with Crippen LogP contribution in [0.5, 0.6) is 0 Å². The molecule has 0 saturated carbocycles. The molecule has 0 aliphatic rings. The molecule has 0 spiro atoms. The van der Waals surface area contributed by atoms with Gasteiger partial charge in [-0.15, -0.1) is 0 Å². The molecule has 1 aromatic rings. The largest absolute Gasteiger partial charge is 0.392 e. The van der Waals surface area contributed by atoms with Crippen LogP contribution in [0.3, 0.4) is 0 Å². The molecular weight excluding hydrogens is 272 g/mol. The molecule has 2 amide bonds. The van der Waals surface area contributed by atoms with E-state index in [2.05, 4.69) is 5.32 Å². The molecule has 1 aromatic carbocycles. The van der Waals surface area contributed by atoms with Crippen LogP contribution in [0, 0.1) is 0 Å². The Morgan fingerprint density at radius 1 is 1.15 bits per heavy atom. The lowest BCUT2D eigenvalue weighted by Gasteiger charge is -2.31. The quantitative estimate of drug-likeness (QED) is 0.676. The molecule has 0 saturated heterocycles. The van der Waals surface area contributed by atoms with E-state index in [1.54, 1.807) is 0 Å². The molecule has 0 unspecified atom stereocenters. The smallest absolute Gasteiger partial charge is 0.390 e. The van der Waals surface area contributed by atoms with Crippen molar-refractivity contribution >= 4 is 19.8 Å². The van der Waals surface area contributed by atoms with Gasteiger partial charge in [-0.25, -0.2) is 4.79 Å². The number of nitrogens with two attached hydrogens (primary N) is 1. The topological polar surface area (TPSA) is 73.6 Å². The molecular formula is C14H24N2O3Si. The maximum atomic E-state index is 11.0. The molecule has 0 aromatic heterocycles.